The Balaban J connectivity index is 2.76. The third-order valence-corrected chi connectivity index (χ3v) is 2.87. The largest absolute Gasteiger partial charge is 0.361 e. The molecule has 1 aromatic heterocycles. The molecule has 0 aliphatic rings. The maximum Gasteiger partial charge on any atom is 0.194 e. The molecular formula is C13H16N2O. The Bertz CT molecular complexity index is 570. The molecule has 2 rings (SSSR count). The lowest BCUT2D eigenvalue weighted by atomic mass is 10.0. The fourth-order valence-corrected chi connectivity index (χ4v) is 1.84. The van der Waals surface area contributed by atoms with Gasteiger partial charge in [0.25, 0.3) is 0 Å². The van der Waals surface area contributed by atoms with Gasteiger partial charge >= 0.3 is 0 Å². The van der Waals surface area contributed by atoms with Gasteiger partial charge in [-0.25, -0.2) is 0 Å². The number of benzene rings is 1. The summed E-state index contributed by atoms with van der Waals surface area (Å²) in [6, 6.07) is 5.68. The van der Waals surface area contributed by atoms with Crippen LogP contribution in [0.4, 0.5) is 0 Å². The van der Waals surface area contributed by atoms with Crippen molar-refractivity contribution in [3.8, 4) is 0 Å². The summed E-state index contributed by atoms with van der Waals surface area (Å²) >= 11 is 0. The first kappa shape index (κ1) is 10.9. The van der Waals surface area contributed by atoms with Gasteiger partial charge in [0.2, 0.25) is 0 Å². The van der Waals surface area contributed by atoms with Crippen LogP contribution in [-0.2, 0) is 6.42 Å². The molecule has 1 heterocycles. The molecule has 0 radical (unpaired) electrons. The second-order valence-electron chi connectivity index (χ2n) is 4.10. The molecule has 1 aromatic carbocycles. The molecule has 2 aromatic rings. The molecular weight excluding hydrogens is 200 g/mol. The van der Waals surface area contributed by atoms with Crippen molar-refractivity contribution in [1.82, 2.24) is 4.98 Å². The van der Waals surface area contributed by atoms with Crippen LogP contribution in [0.3, 0.4) is 0 Å². The quantitative estimate of drug-likeness (QED) is 0.807. The molecule has 0 bridgehead atoms. The second kappa shape index (κ2) is 4.10. The lowest BCUT2D eigenvalue weighted by Crippen LogP contribution is -2.18. The molecule has 0 saturated heterocycles. The monoisotopic (exact) mass is 216 g/mol. The molecule has 1 atom stereocenters. The Hall–Kier alpha value is -1.61. The summed E-state index contributed by atoms with van der Waals surface area (Å²) in [7, 11) is 0. The van der Waals surface area contributed by atoms with Crippen LogP contribution in [0, 0.1) is 0 Å². The van der Waals surface area contributed by atoms with E-state index in [4.69, 9.17) is 5.73 Å². The van der Waals surface area contributed by atoms with Gasteiger partial charge in [0.05, 0.1) is 0 Å². The Labute approximate surface area is 94.3 Å². The topological polar surface area (TPSA) is 58.9 Å². The number of aromatic amines is 1. The number of pyridine rings is 1. The first-order valence-electron chi connectivity index (χ1n) is 5.53. The normalized spacial score (nSPS) is 12.9. The van der Waals surface area contributed by atoms with Gasteiger partial charge in [0, 0.05) is 28.7 Å². The highest BCUT2D eigenvalue weighted by Gasteiger charge is 2.08. The first-order valence-corrected chi connectivity index (χ1v) is 5.53. The summed E-state index contributed by atoms with van der Waals surface area (Å²) in [5.41, 5.74) is 8.47. The SMILES string of the molecule is CCc1ccc2[nH]cc([C@@H](C)N)c(=O)c2c1. The number of aryl methyl sites for hydroxylation is 1. The highest BCUT2D eigenvalue weighted by atomic mass is 16.1. The van der Waals surface area contributed by atoms with Gasteiger partial charge < -0.3 is 10.7 Å². The summed E-state index contributed by atoms with van der Waals surface area (Å²) in [4.78, 5) is 15.3. The average molecular weight is 216 g/mol. The van der Waals surface area contributed by atoms with Gasteiger partial charge in [-0.05, 0) is 31.0 Å². The molecule has 0 aliphatic carbocycles. The third kappa shape index (κ3) is 1.74. The minimum Gasteiger partial charge on any atom is -0.361 e. The van der Waals surface area contributed by atoms with E-state index < -0.39 is 0 Å². The lowest BCUT2D eigenvalue weighted by Gasteiger charge is -2.07. The zero-order valence-electron chi connectivity index (χ0n) is 9.58. The van der Waals surface area contributed by atoms with Crippen LogP contribution in [0.5, 0.6) is 0 Å². The van der Waals surface area contributed by atoms with Crippen molar-refractivity contribution in [3.05, 3.63) is 45.7 Å². The predicted molar refractivity (Wildman–Crippen MR) is 66.5 cm³/mol. The maximum atomic E-state index is 12.1. The molecule has 0 aliphatic heterocycles. The number of fused-ring (bicyclic) bond motifs is 1. The Morgan fingerprint density at radius 1 is 1.44 bits per heavy atom. The Kier molecular flexibility index (Phi) is 2.79. The van der Waals surface area contributed by atoms with Crippen molar-refractivity contribution < 1.29 is 0 Å². The number of aromatic nitrogens is 1. The van der Waals surface area contributed by atoms with Crippen LogP contribution >= 0.6 is 0 Å². The highest BCUT2D eigenvalue weighted by molar-refractivity contribution is 5.79. The number of nitrogens with two attached hydrogens (primary N) is 1. The van der Waals surface area contributed by atoms with E-state index in [1.165, 1.54) is 5.56 Å². The molecule has 0 amide bonds. The van der Waals surface area contributed by atoms with Crippen LogP contribution in [0.15, 0.2) is 29.2 Å². The molecule has 84 valence electrons. The molecule has 3 nitrogen and oxygen atoms in total. The maximum absolute atomic E-state index is 12.1. The summed E-state index contributed by atoms with van der Waals surface area (Å²) < 4.78 is 0. The minimum absolute atomic E-state index is 0.0408. The molecule has 0 spiro atoms. The van der Waals surface area contributed by atoms with Crippen LogP contribution in [0.1, 0.15) is 31.0 Å². The molecule has 0 saturated carbocycles. The summed E-state index contributed by atoms with van der Waals surface area (Å²) in [5.74, 6) is 0. The first-order chi connectivity index (χ1) is 7.63. The van der Waals surface area contributed by atoms with Crippen LogP contribution in [0.2, 0.25) is 0 Å². The molecule has 16 heavy (non-hydrogen) atoms. The summed E-state index contributed by atoms with van der Waals surface area (Å²) in [5, 5.41) is 0.731. The van der Waals surface area contributed by atoms with E-state index in [1.807, 2.05) is 25.1 Å². The smallest absolute Gasteiger partial charge is 0.194 e. The predicted octanol–water partition coefficient (Wildman–Crippen LogP) is 2.11. The summed E-state index contributed by atoms with van der Waals surface area (Å²) in [6.07, 6.45) is 2.64. The van der Waals surface area contributed by atoms with E-state index in [1.54, 1.807) is 6.20 Å². The van der Waals surface area contributed by atoms with Crippen molar-refractivity contribution in [2.45, 2.75) is 26.3 Å². The van der Waals surface area contributed by atoms with Crippen molar-refractivity contribution >= 4 is 10.9 Å². The van der Waals surface area contributed by atoms with Crippen molar-refractivity contribution in [2.75, 3.05) is 0 Å². The lowest BCUT2D eigenvalue weighted by molar-refractivity contribution is 0.807. The van der Waals surface area contributed by atoms with E-state index in [0.29, 0.717) is 5.56 Å². The van der Waals surface area contributed by atoms with Gasteiger partial charge in [0.15, 0.2) is 5.43 Å². The van der Waals surface area contributed by atoms with Gasteiger partial charge in [-0.1, -0.05) is 13.0 Å². The van der Waals surface area contributed by atoms with Gasteiger partial charge in [-0.3, -0.25) is 4.79 Å². The number of hydrogen-bond acceptors (Lipinski definition) is 2. The fraction of sp³-hybridized carbons (Fsp3) is 0.308. The van der Waals surface area contributed by atoms with Crippen LogP contribution < -0.4 is 11.2 Å². The van der Waals surface area contributed by atoms with Crippen LogP contribution in [-0.4, -0.2) is 4.98 Å². The number of rotatable bonds is 2. The molecule has 0 unspecified atom stereocenters. The van der Waals surface area contributed by atoms with Crippen molar-refractivity contribution in [1.29, 1.82) is 0 Å². The second-order valence-corrected chi connectivity index (χ2v) is 4.10. The van der Waals surface area contributed by atoms with Crippen molar-refractivity contribution in [3.63, 3.8) is 0 Å². The average Bonchev–Trinajstić information content (AvgIpc) is 2.28. The Morgan fingerprint density at radius 2 is 2.19 bits per heavy atom. The third-order valence-electron chi connectivity index (χ3n) is 2.87. The van der Waals surface area contributed by atoms with E-state index in [9.17, 15) is 4.79 Å². The zero-order chi connectivity index (χ0) is 11.7. The summed E-state index contributed by atoms with van der Waals surface area (Å²) in [6.45, 7) is 3.89. The number of hydrogen-bond donors (Lipinski definition) is 2. The van der Waals surface area contributed by atoms with Gasteiger partial charge in [-0.15, -0.1) is 0 Å². The van der Waals surface area contributed by atoms with Crippen molar-refractivity contribution in [2.24, 2.45) is 5.73 Å². The van der Waals surface area contributed by atoms with E-state index >= 15 is 0 Å². The van der Waals surface area contributed by atoms with Crippen LogP contribution in [0.25, 0.3) is 10.9 Å². The van der Waals surface area contributed by atoms with E-state index in [-0.39, 0.29) is 11.5 Å². The number of H-pyrrole nitrogens is 1. The zero-order valence-corrected chi connectivity index (χ0v) is 9.58. The molecule has 3 N–H and O–H groups in total. The highest BCUT2D eigenvalue weighted by Crippen LogP contribution is 2.13. The molecule has 3 heteroatoms. The van der Waals surface area contributed by atoms with Gasteiger partial charge in [0.1, 0.15) is 0 Å². The van der Waals surface area contributed by atoms with E-state index in [0.717, 1.165) is 17.3 Å². The number of nitrogens with one attached hydrogen (secondary N) is 1. The Morgan fingerprint density at radius 3 is 2.81 bits per heavy atom. The van der Waals surface area contributed by atoms with Gasteiger partial charge in [-0.2, -0.15) is 0 Å². The standard InChI is InChI=1S/C13H16N2O/c1-3-9-4-5-12-10(6-9)13(16)11(7-15-12)8(2)14/h4-8H,3,14H2,1-2H3,(H,15,16)/t8-/m1/s1. The minimum atomic E-state index is -0.238. The fourth-order valence-electron chi connectivity index (χ4n) is 1.84. The van der Waals surface area contributed by atoms with E-state index in [2.05, 4.69) is 11.9 Å². The molecule has 0 fully saturated rings.